The lowest BCUT2D eigenvalue weighted by molar-refractivity contribution is 0.0939. The fourth-order valence-electron chi connectivity index (χ4n) is 3.17. The van der Waals surface area contributed by atoms with E-state index in [9.17, 15) is 15.2 Å². The van der Waals surface area contributed by atoms with Crippen LogP contribution >= 0.6 is 0 Å². The number of aromatic nitrogens is 1. The number of aryl methyl sites for hydroxylation is 2. The molecule has 0 fully saturated rings. The molecule has 0 saturated heterocycles. The fraction of sp³-hybridized carbons (Fsp3) is 0.208. The van der Waals surface area contributed by atoms with Gasteiger partial charge in [-0.3, -0.25) is 9.78 Å². The average molecular weight is 385 g/mol. The van der Waals surface area contributed by atoms with Crippen LogP contribution in [-0.4, -0.2) is 16.0 Å². The number of nitrogens with one attached hydrogen (secondary N) is 1. The molecule has 1 amide bonds. The number of hydrogen-bond donors (Lipinski definition) is 2. The Hall–Kier alpha value is -3.49. The Kier molecular flexibility index (Phi) is 6.06. The number of amides is 1. The van der Waals surface area contributed by atoms with Crippen LogP contribution in [0.15, 0.2) is 54.7 Å². The summed E-state index contributed by atoms with van der Waals surface area (Å²) in [5.41, 5.74) is 5.85. The molecule has 29 heavy (non-hydrogen) atoms. The SMILES string of the molecule is Cc1ccc(-c2cc(CO)cc(C(=O)N[C@H](C)c3ccc(C)nc3)c2)c(C#N)c1. The highest BCUT2D eigenvalue weighted by Gasteiger charge is 2.15. The van der Waals surface area contributed by atoms with Crippen LogP contribution in [0.25, 0.3) is 11.1 Å². The van der Waals surface area contributed by atoms with Crippen molar-refractivity contribution in [1.29, 1.82) is 5.26 Å². The number of aliphatic hydroxyl groups is 1. The van der Waals surface area contributed by atoms with E-state index in [1.54, 1.807) is 24.4 Å². The second-order valence-corrected chi connectivity index (χ2v) is 7.17. The first-order valence-electron chi connectivity index (χ1n) is 9.40. The van der Waals surface area contributed by atoms with E-state index in [1.165, 1.54) is 0 Å². The lowest BCUT2D eigenvalue weighted by atomic mass is 9.95. The monoisotopic (exact) mass is 385 g/mol. The summed E-state index contributed by atoms with van der Waals surface area (Å²) in [5, 5.41) is 22.1. The Labute approximate surface area is 170 Å². The van der Waals surface area contributed by atoms with Crippen LogP contribution in [0, 0.1) is 25.2 Å². The highest BCUT2D eigenvalue weighted by atomic mass is 16.3. The summed E-state index contributed by atoms with van der Waals surface area (Å²) in [6.45, 7) is 5.54. The van der Waals surface area contributed by atoms with E-state index >= 15 is 0 Å². The molecule has 0 saturated carbocycles. The second kappa shape index (κ2) is 8.68. The second-order valence-electron chi connectivity index (χ2n) is 7.17. The molecule has 3 aromatic rings. The van der Waals surface area contributed by atoms with Crippen LogP contribution < -0.4 is 5.32 Å². The van der Waals surface area contributed by atoms with Gasteiger partial charge in [0.15, 0.2) is 0 Å². The van der Waals surface area contributed by atoms with Crippen molar-refractivity contribution < 1.29 is 9.90 Å². The Morgan fingerprint density at radius 2 is 1.97 bits per heavy atom. The number of rotatable bonds is 5. The van der Waals surface area contributed by atoms with Crippen molar-refractivity contribution >= 4 is 5.91 Å². The van der Waals surface area contributed by atoms with Gasteiger partial charge in [-0.15, -0.1) is 0 Å². The van der Waals surface area contributed by atoms with Gasteiger partial charge in [0.25, 0.3) is 5.91 Å². The largest absolute Gasteiger partial charge is 0.392 e. The third-order valence-corrected chi connectivity index (χ3v) is 4.83. The molecule has 0 aliphatic heterocycles. The van der Waals surface area contributed by atoms with Crippen molar-refractivity contribution in [3.05, 3.63) is 88.2 Å². The molecule has 1 atom stereocenters. The third kappa shape index (κ3) is 4.68. The maximum Gasteiger partial charge on any atom is 0.251 e. The lowest BCUT2D eigenvalue weighted by Gasteiger charge is -2.16. The lowest BCUT2D eigenvalue weighted by Crippen LogP contribution is -2.27. The Bertz CT molecular complexity index is 1080. The quantitative estimate of drug-likeness (QED) is 0.688. The summed E-state index contributed by atoms with van der Waals surface area (Å²) in [6.07, 6.45) is 1.75. The molecule has 0 aliphatic rings. The molecule has 2 N–H and O–H groups in total. The highest BCUT2D eigenvalue weighted by molar-refractivity contribution is 5.96. The zero-order chi connectivity index (χ0) is 21.0. The van der Waals surface area contributed by atoms with Crippen molar-refractivity contribution in [2.24, 2.45) is 0 Å². The van der Waals surface area contributed by atoms with Gasteiger partial charge in [0.2, 0.25) is 0 Å². The first-order chi connectivity index (χ1) is 13.9. The minimum atomic E-state index is -0.250. The number of pyridine rings is 1. The maximum absolute atomic E-state index is 12.9. The zero-order valence-electron chi connectivity index (χ0n) is 16.7. The molecule has 0 radical (unpaired) electrons. The van der Waals surface area contributed by atoms with Gasteiger partial charge in [-0.2, -0.15) is 5.26 Å². The molecule has 3 rings (SSSR count). The van der Waals surface area contributed by atoms with Crippen molar-refractivity contribution in [3.63, 3.8) is 0 Å². The number of nitriles is 1. The number of carbonyl (C=O) groups excluding carboxylic acids is 1. The smallest absolute Gasteiger partial charge is 0.251 e. The average Bonchev–Trinajstić information content (AvgIpc) is 2.73. The van der Waals surface area contributed by atoms with E-state index in [0.29, 0.717) is 16.7 Å². The van der Waals surface area contributed by atoms with E-state index < -0.39 is 0 Å². The van der Waals surface area contributed by atoms with E-state index in [4.69, 9.17) is 0 Å². The first-order valence-corrected chi connectivity index (χ1v) is 9.40. The minimum absolute atomic E-state index is 0.195. The summed E-state index contributed by atoms with van der Waals surface area (Å²) in [5.74, 6) is -0.250. The molecule has 0 spiro atoms. The van der Waals surface area contributed by atoms with Crippen molar-refractivity contribution in [2.45, 2.75) is 33.4 Å². The molecule has 5 heteroatoms. The van der Waals surface area contributed by atoms with Gasteiger partial charge >= 0.3 is 0 Å². The summed E-state index contributed by atoms with van der Waals surface area (Å²) in [6, 6.07) is 16.7. The predicted octanol–water partition coefficient (Wildman–Crippen LogP) is 4.22. The van der Waals surface area contributed by atoms with Crippen LogP contribution in [0.3, 0.4) is 0 Å². The van der Waals surface area contributed by atoms with Crippen molar-refractivity contribution in [3.8, 4) is 17.2 Å². The van der Waals surface area contributed by atoms with Gasteiger partial charge in [-0.25, -0.2) is 0 Å². The number of benzene rings is 2. The van der Waals surface area contributed by atoms with E-state index in [-0.39, 0.29) is 18.6 Å². The summed E-state index contributed by atoms with van der Waals surface area (Å²) >= 11 is 0. The Morgan fingerprint density at radius 1 is 1.17 bits per heavy atom. The summed E-state index contributed by atoms with van der Waals surface area (Å²) in [4.78, 5) is 17.2. The van der Waals surface area contributed by atoms with Gasteiger partial charge in [-0.05, 0) is 78.9 Å². The van der Waals surface area contributed by atoms with Gasteiger partial charge in [-0.1, -0.05) is 18.2 Å². The third-order valence-electron chi connectivity index (χ3n) is 4.83. The Morgan fingerprint density at radius 3 is 2.62 bits per heavy atom. The van der Waals surface area contributed by atoms with Crippen LogP contribution in [0.5, 0.6) is 0 Å². The summed E-state index contributed by atoms with van der Waals surface area (Å²) in [7, 11) is 0. The molecule has 0 bridgehead atoms. The minimum Gasteiger partial charge on any atom is -0.392 e. The van der Waals surface area contributed by atoms with Gasteiger partial charge in [0, 0.05) is 17.5 Å². The number of hydrogen-bond acceptors (Lipinski definition) is 4. The standard InChI is InChI=1S/C24H23N3O2/c1-15-4-7-23(22(8-15)12-25)20-9-18(14-28)10-21(11-20)24(29)27-17(3)19-6-5-16(2)26-13-19/h4-11,13,17,28H,14H2,1-3H3,(H,27,29)/t17-/m1/s1. The van der Waals surface area contributed by atoms with Crippen LogP contribution in [-0.2, 0) is 6.61 Å². The number of nitrogens with zero attached hydrogens (tertiary/aromatic N) is 2. The van der Waals surface area contributed by atoms with Crippen LogP contribution in [0.1, 0.15) is 51.3 Å². The molecular formula is C24H23N3O2. The van der Waals surface area contributed by atoms with Crippen LogP contribution in [0.2, 0.25) is 0 Å². The molecule has 146 valence electrons. The summed E-state index contributed by atoms with van der Waals surface area (Å²) < 4.78 is 0. The molecule has 1 aromatic heterocycles. The molecule has 5 nitrogen and oxygen atoms in total. The van der Waals surface area contributed by atoms with Gasteiger partial charge in [0.05, 0.1) is 24.3 Å². The molecular weight excluding hydrogens is 362 g/mol. The normalized spacial score (nSPS) is 11.6. The van der Waals surface area contributed by atoms with E-state index in [0.717, 1.165) is 27.9 Å². The predicted molar refractivity (Wildman–Crippen MR) is 112 cm³/mol. The topological polar surface area (TPSA) is 86.0 Å². The zero-order valence-corrected chi connectivity index (χ0v) is 16.7. The van der Waals surface area contributed by atoms with E-state index in [1.807, 2.05) is 51.1 Å². The molecule has 1 heterocycles. The fourth-order valence-corrected chi connectivity index (χ4v) is 3.17. The van der Waals surface area contributed by atoms with Gasteiger partial charge < -0.3 is 10.4 Å². The van der Waals surface area contributed by atoms with E-state index in [2.05, 4.69) is 16.4 Å². The molecule has 0 aliphatic carbocycles. The number of carbonyl (C=O) groups is 1. The number of aliphatic hydroxyl groups excluding tert-OH is 1. The first kappa shape index (κ1) is 20.2. The molecule has 0 unspecified atom stereocenters. The van der Waals surface area contributed by atoms with Crippen molar-refractivity contribution in [1.82, 2.24) is 10.3 Å². The van der Waals surface area contributed by atoms with Gasteiger partial charge in [0.1, 0.15) is 0 Å². The molecule has 2 aromatic carbocycles. The highest BCUT2D eigenvalue weighted by Crippen LogP contribution is 2.27. The maximum atomic E-state index is 12.9. The Balaban J connectivity index is 1.93. The van der Waals surface area contributed by atoms with Crippen molar-refractivity contribution in [2.75, 3.05) is 0 Å². The van der Waals surface area contributed by atoms with Crippen LogP contribution in [0.4, 0.5) is 0 Å².